The van der Waals surface area contributed by atoms with E-state index in [9.17, 15) is 5.11 Å². The number of aliphatic hydroxyl groups excluding tert-OH is 1. The van der Waals surface area contributed by atoms with Crippen LogP contribution in [0.15, 0.2) is 18.5 Å². The Balaban J connectivity index is 2.18. The fourth-order valence-electron chi connectivity index (χ4n) is 2.69. The van der Waals surface area contributed by atoms with Crippen LogP contribution in [0.5, 0.6) is 5.75 Å². The third-order valence-corrected chi connectivity index (χ3v) is 3.77. The summed E-state index contributed by atoms with van der Waals surface area (Å²) in [5, 5.41) is 10.5. The van der Waals surface area contributed by atoms with Crippen LogP contribution in [0.25, 0.3) is 0 Å². The fraction of sp³-hybridized carbons (Fsp3) is 0.643. The van der Waals surface area contributed by atoms with Gasteiger partial charge in [-0.2, -0.15) is 0 Å². The van der Waals surface area contributed by atoms with Gasteiger partial charge in [-0.1, -0.05) is 19.8 Å². The number of hydrogen-bond donors (Lipinski definition) is 1. The van der Waals surface area contributed by atoms with Crippen LogP contribution in [0.1, 0.15) is 51.2 Å². The van der Waals surface area contributed by atoms with Crippen LogP contribution in [-0.2, 0) is 0 Å². The van der Waals surface area contributed by atoms with E-state index in [4.69, 9.17) is 4.74 Å². The molecule has 3 heteroatoms. The number of hydrogen-bond acceptors (Lipinski definition) is 3. The normalized spacial score (nSPS) is 20.2. The van der Waals surface area contributed by atoms with Gasteiger partial charge in [0.2, 0.25) is 0 Å². The third kappa shape index (κ3) is 2.60. The van der Waals surface area contributed by atoms with Crippen molar-refractivity contribution in [2.24, 2.45) is 5.41 Å². The van der Waals surface area contributed by atoms with Crippen LogP contribution < -0.4 is 4.74 Å². The van der Waals surface area contributed by atoms with Crippen molar-refractivity contribution >= 4 is 0 Å². The van der Waals surface area contributed by atoms with Crippen LogP contribution in [0.3, 0.4) is 0 Å². The van der Waals surface area contributed by atoms with Gasteiger partial charge in [-0.05, 0) is 31.2 Å². The molecular formula is C14H21NO2. The minimum absolute atomic E-state index is 0.00647. The maximum Gasteiger partial charge on any atom is 0.137 e. The Labute approximate surface area is 103 Å². The average molecular weight is 235 g/mol. The summed E-state index contributed by atoms with van der Waals surface area (Å²) < 4.78 is 5.42. The highest BCUT2D eigenvalue weighted by atomic mass is 16.5. The number of ether oxygens (including phenoxy) is 1. The molecule has 0 saturated heterocycles. The van der Waals surface area contributed by atoms with E-state index in [1.165, 1.54) is 12.8 Å². The van der Waals surface area contributed by atoms with Gasteiger partial charge >= 0.3 is 0 Å². The molecule has 1 aromatic rings. The molecule has 1 unspecified atom stereocenters. The molecule has 1 aromatic heterocycles. The fourth-order valence-corrected chi connectivity index (χ4v) is 2.69. The molecule has 0 bridgehead atoms. The molecule has 3 nitrogen and oxygen atoms in total. The highest BCUT2D eigenvalue weighted by molar-refractivity contribution is 5.26. The van der Waals surface area contributed by atoms with Gasteiger partial charge in [0, 0.05) is 11.8 Å². The van der Waals surface area contributed by atoms with Crippen LogP contribution in [0.2, 0.25) is 0 Å². The molecule has 0 amide bonds. The first-order valence-corrected chi connectivity index (χ1v) is 6.41. The van der Waals surface area contributed by atoms with Gasteiger partial charge < -0.3 is 9.84 Å². The number of pyridine rings is 1. The zero-order valence-corrected chi connectivity index (χ0v) is 10.6. The van der Waals surface area contributed by atoms with Crippen molar-refractivity contribution < 1.29 is 9.84 Å². The van der Waals surface area contributed by atoms with E-state index in [1.54, 1.807) is 12.4 Å². The second-order valence-electron chi connectivity index (χ2n) is 5.15. The minimum Gasteiger partial charge on any atom is -0.492 e. The van der Waals surface area contributed by atoms with Crippen molar-refractivity contribution in [3.8, 4) is 5.75 Å². The smallest absolute Gasteiger partial charge is 0.137 e. The molecule has 0 aromatic carbocycles. The van der Waals surface area contributed by atoms with E-state index < -0.39 is 6.10 Å². The van der Waals surface area contributed by atoms with E-state index in [-0.39, 0.29) is 5.41 Å². The molecular weight excluding hydrogens is 214 g/mol. The summed E-state index contributed by atoms with van der Waals surface area (Å²) >= 11 is 0. The molecule has 0 aliphatic heterocycles. The molecule has 1 fully saturated rings. The van der Waals surface area contributed by atoms with Gasteiger partial charge in [0.1, 0.15) is 5.75 Å². The summed E-state index contributed by atoms with van der Waals surface area (Å²) in [5.74, 6) is 0.741. The molecule has 94 valence electrons. The molecule has 17 heavy (non-hydrogen) atoms. The number of aromatic nitrogens is 1. The molecule has 1 saturated carbocycles. The molecule has 1 aliphatic rings. The quantitative estimate of drug-likeness (QED) is 0.872. The van der Waals surface area contributed by atoms with Crippen molar-refractivity contribution in [2.75, 3.05) is 6.61 Å². The van der Waals surface area contributed by atoms with Crippen molar-refractivity contribution in [1.29, 1.82) is 0 Å². The molecule has 0 radical (unpaired) electrons. The monoisotopic (exact) mass is 235 g/mol. The molecule has 1 atom stereocenters. The van der Waals surface area contributed by atoms with Gasteiger partial charge in [-0.25, -0.2) is 0 Å². The van der Waals surface area contributed by atoms with Gasteiger partial charge in [-0.3, -0.25) is 4.98 Å². The van der Waals surface area contributed by atoms with E-state index in [0.717, 1.165) is 24.2 Å². The first-order chi connectivity index (χ1) is 8.15. The number of rotatable bonds is 4. The van der Waals surface area contributed by atoms with Crippen molar-refractivity contribution in [2.45, 2.75) is 45.6 Å². The van der Waals surface area contributed by atoms with Crippen LogP contribution >= 0.6 is 0 Å². The Morgan fingerprint density at radius 2 is 2.12 bits per heavy atom. The maximum atomic E-state index is 10.5. The Bertz CT molecular complexity index is 372. The van der Waals surface area contributed by atoms with E-state index >= 15 is 0 Å². The second kappa shape index (κ2) is 5.05. The predicted octanol–water partition coefficient (Wildman–Crippen LogP) is 3.09. The van der Waals surface area contributed by atoms with Crippen LogP contribution in [0, 0.1) is 5.41 Å². The highest BCUT2D eigenvalue weighted by Crippen LogP contribution is 2.47. The number of aliphatic hydroxyl groups is 1. The summed E-state index contributed by atoms with van der Waals surface area (Å²) in [5.41, 5.74) is 0.882. The Morgan fingerprint density at radius 1 is 1.41 bits per heavy atom. The summed E-state index contributed by atoms with van der Waals surface area (Å²) in [6.07, 6.45) is 7.61. The Hall–Kier alpha value is -1.09. The SMILES string of the molecule is CCOc1cncc(C(O)C2(C)CCCC2)c1. The average Bonchev–Trinajstić information content (AvgIpc) is 2.77. The van der Waals surface area contributed by atoms with E-state index in [2.05, 4.69) is 11.9 Å². The topological polar surface area (TPSA) is 42.4 Å². The third-order valence-electron chi connectivity index (χ3n) is 3.77. The Morgan fingerprint density at radius 3 is 2.76 bits per heavy atom. The highest BCUT2D eigenvalue weighted by Gasteiger charge is 2.37. The minimum atomic E-state index is -0.432. The summed E-state index contributed by atoms with van der Waals surface area (Å²) in [7, 11) is 0. The van der Waals surface area contributed by atoms with Gasteiger partial charge in [0.05, 0.1) is 18.9 Å². The lowest BCUT2D eigenvalue weighted by Crippen LogP contribution is -2.22. The summed E-state index contributed by atoms with van der Waals surface area (Å²) in [4.78, 5) is 4.14. The zero-order chi connectivity index (χ0) is 12.3. The lowest BCUT2D eigenvalue weighted by molar-refractivity contribution is 0.0403. The maximum absolute atomic E-state index is 10.5. The zero-order valence-electron chi connectivity index (χ0n) is 10.6. The second-order valence-corrected chi connectivity index (χ2v) is 5.15. The largest absolute Gasteiger partial charge is 0.492 e. The molecule has 1 aliphatic carbocycles. The number of nitrogens with zero attached hydrogens (tertiary/aromatic N) is 1. The first kappa shape index (κ1) is 12.4. The van der Waals surface area contributed by atoms with Crippen molar-refractivity contribution in [1.82, 2.24) is 4.98 Å². The molecule has 0 spiro atoms. The van der Waals surface area contributed by atoms with Gasteiger partial charge in [0.25, 0.3) is 0 Å². The molecule has 2 rings (SSSR count). The molecule has 1 heterocycles. The van der Waals surface area contributed by atoms with E-state index in [1.807, 2.05) is 13.0 Å². The Kier molecular flexibility index (Phi) is 3.67. The van der Waals surface area contributed by atoms with Gasteiger partial charge in [0.15, 0.2) is 0 Å². The first-order valence-electron chi connectivity index (χ1n) is 6.41. The van der Waals surface area contributed by atoms with Crippen molar-refractivity contribution in [3.63, 3.8) is 0 Å². The predicted molar refractivity (Wildman–Crippen MR) is 66.9 cm³/mol. The van der Waals surface area contributed by atoms with Gasteiger partial charge in [-0.15, -0.1) is 0 Å². The summed E-state index contributed by atoms with van der Waals surface area (Å²) in [6.45, 7) is 4.73. The van der Waals surface area contributed by atoms with Crippen LogP contribution in [-0.4, -0.2) is 16.7 Å². The summed E-state index contributed by atoms with van der Waals surface area (Å²) in [6, 6.07) is 1.91. The lowest BCUT2D eigenvalue weighted by Gasteiger charge is -2.30. The van der Waals surface area contributed by atoms with E-state index in [0.29, 0.717) is 6.61 Å². The van der Waals surface area contributed by atoms with Crippen LogP contribution in [0.4, 0.5) is 0 Å². The standard InChI is InChI=1S/C14H21NO2/c1-3-17-12-8-11(9-15-10-12)13(16)14(2)6-4-5-7-14/h8-10,13,16H,3-7H2,1-2H3. The van der Waals surface area contributed by atoms with Crippen molar-refractivity contribution in [3.05, 3.63) is 24.0 Å². The molecule has 1 N–H and O–H groups in total. The lowest BCUT2D eigenvalue weighted by atomic mass is 9.80.